The van der Waals surface area contributed by atoms with Gasteiger partial charge in [0.1, 0.15) is 6.54 Å². The number of hydrogen-bond acceptors (Lipinski definition) is 5. The van der Waals surface area contributed by atoms with Gasteiger partial charge in [0, 0.05) is 15.9 Å². The summed E-state index contributed by atoms with van der Waals surface area (Å²) in [7, 11) is 0. The predicted molar refractivity (Wildman–Crippen MR) is 116 cm³/mol. The molecule has 0 saturated carbocycles. The molecule has 148 valence electrons. The minimum Gasteiger partial charge on any atom is -0.273 e. The number of carbonyl (C=O) groups is 3. The van der Waals surface area contributed by atoms with Crippen LogP contribution in [0.2, 0.25) is 5.02 Å². The van der Waals surface area contributed by atoms with Crippen molar-refractivity contribution in [2.24, 2.45) is 5.10 Å². The van der Waals surface area contributed by atoms with E-state index in [2.05, 4.69) is 21.0 Å². The zero-order valence-electron chi connectivity index (χ0n) is 15.0. The van der Waals surface area contributed by atoms with Crippen LogP contribution in [0.15, 0.2) is 58.1 Å². The summed E-state index contributed by atoms with van der Waals surface area (Å²) in [4.78, 5) is 37.8. The average molecular weight is 493 g/mol. The van der Waals surface area contributed by atoms with Crippen molar-refractivity contribution in [2.75, 3.05) is 12.3 Å². The molecule has 1 fully saturated rings. The monoisotopic (exact) mass is 491 g/mol. The largest absolute Gasteiger partial charge is 0.289 e. The zero-order chi connectivity index (χ0) is 20.5. The molecule has 0 aliphatic carbocycles. The summed E-state index contributed by atoms with van der Waals surface area (Å²) in [6.07, 6.45) is 0.514. The summed E-state index contributed by atoms with van der Waals surface area (Å²) in [6.45, 7) is -0.315. The number of amides is 3. The number of nitrogens with zero attached hydrogens (tertiary/aromatic N) is 3. The minimum absolute atomic E-state index is 0.0687. The summed E-state index contributed by atoms with van der Waals surface area (Å²) in [5.74, 6) is -0.690. The molecule has 2 aliphatic rings. The van der Waals surface area contributed by atoms with Crippen LogP contribution in [0.1, 0.15) is 23.6 Å². The second-order valence-corrected chi connectivity index (χ2v) is 8.88. The summed E-state index contributed by atoms with van der Waals surface area (Å²) < 4.78 is 0.913. The van der Waals surface area contributed by atoms with Crippen LogP contribution in [0.5, 0.6) is 0 Å². The lowest BCUT2D eigenvalue weighted by Crippen LogP contribution is -2.40. The summed E-state index contributed by atoms with van der Waals surface area (Å²) in [5.41, 5.74) is 2.54. The molecule has 2 aromatic carbocycles. The molecule has 4 rings (SSSR count). The van der Waals surface area contributed by atoms with Crippen LogP contribution in [0, 0.1) is 0 Å². The highest BCUT2D eigenvalue weighted by molar-refractivity contribution is 9.10. The van der Waals surface area contributed by atoms with Crippen LogP contribution < -0.4 is 0 Å². The first-order valence-electron chi connectivity index (χ1n) is 8.80. The first kappa shape index (κ1) is 20.1. The Hall–Kier alpha value is -2.16. The molecule has 1 saturated heterocycles. The van der Waals surface area contributed by atoms with E-state index >= 15 is 0 Å². The van der Waals surface area contributed by atoms with Gasteiger partial charge in [-0.05, 0) is 35.4 Å². The van der Waals surface area contributed by atoms with Crippen molar-refractivity contribution >= 4 is 62.1 Å². The van der Waals surface area contributed by atoms with Gasteiger partial charge in [0.15, 0.2) is 0 Å². The maximum Gasteiger partial charge on any atom is 0.289 e. The van der Waals surface area contributed by atoms with Gasteiger partial charge in [-0.15, -0.1) is 0 Å². The van der Waals surface area contributed by atoms with Gasteiger partial charge in [-0.2, -0.15) is 5.10 Å². The Balaban J connectivity index is 1.65. The smallest absolute Gasteiger partial charge is 0.273 e. The van der Waals surface area contributed by atoms with Crippen molar-refractivity contribution in [3.8, 4) is 0 Å². The van der Waals surface area contributed by atoms with E-state index in [4.69, 9.17) is 11.6 Å². The fourth-order valence-electron chi connectivity index (χ4n) is 3.27. The van der Waals surface area contributed by atoms with Crippen LogP contribution in [0.3, 0.4) is 0 Å². The normalized spacial score (nSPS) is 19.1. The Kier molecular flexibility index (Phi) is 5.76. The SMILES string of the molecule is O=C1CSC(=O)N1CC(=O)N1N=C(c2cccc(Br)c2)CC1c1ccc(Cl)cc1. The molecule has 0 bridgehead atoms. The van der Waals surface area contributed by atoms with E-state index in [1.807, 2.05) is 36.4 Å². The third kappa shape index (κ3) is 4.24. The van der Waals surface area contributed by atoms with Crippen molar-refractivity contribution in [2.45, 2.75) is 12.5 Å². The van der Waals surface area contributed by atoms with Gasteiger partial charge < -0.3 is 0 Å². The standard InChI is InChI=1S/C20H15BrClN3O3S/c21-14-3-1-2-13(8-14)16-9-17(12-4-6-15(22)7-5-12)25(23-16)18(26)10-24-19(27)11-29-20(24)28/h1-8,17H,9-11H2. The second-order valence-electron chi connectivity index (χ2n) is 6.60. The lowest BCUT2D eigenvalue weighted by Gasteiger charge is -2.23. The van der Waals surface area contributed by atoms with Crippen molar-refractivity contribution in [3.63, 3.8) is 0 Å². The molecule has 2 aromatic rings. The van der Waals surface area contributed by atoms with E-state index in [9.17, 15) is 14.4 Å². The van der Waals surface area contributed by atoms with Crippen LogP contribution in [0.25, 0.3) is 0 Å². The number of hydrogen-bond donors (Lipinski definition) is 0. The molecule has 0 radical (unpaired) electrons. The number of thioether (sulfide) groups is 1. The molecule has 29 heavy (non-hydrogen) atoms. The van der Waals surface area contributed by atoms with Gasteiger partial charge in [0.05, 0.1) is 17.5 Å². The molecule has 1 atom stereocenters. The Morgan fingerprint density at radius 2 is 1.97 bits per heavy atom. The summed E-state index contributed by atoms with van der Waals surface area (Å²) >= 11 is 10.4. The number of carbonyl (C=O) groups excluding carboxylic acids is 3. The Labute approximate surface area is 185 Å². The fraction of sp³-hybridized carbons (Fsp3) is 0.200. The lowest BCUT2D eigenvalue weighted by molar-refractivity contribution is -0.137. The van der Waals surface area contributed by atoms with Gasteiger partial charge in [0.2, 0.25) is 5.91 Å². The number of halogens is 2. The predicted octanol–water partition coefficient (Wildman–Crippen LogP) is 4.48. The molecule has 0 spiro atoms. The molecular formula is C20H15BrClN3O3S. The second kappa shape index (κ2) is 8.30. The Bertz CT molecular complexity index is 1010. The van der Waals surface area contributed by atoms with E-state index in [0.717, 1.165) is 38.0 Å². The van der Waals surface area contributed by atoms with E-state index in [1.165, 1.54) is 5.01 Å². The van der Waals surface area contributed by atoms with Gasteiger partial charge in [-0.3, -0.25) is 19.3 Å². The van der Waals surface area contributed by atoms with Crippen LogP contribution >= 0.6 is 39.3 Å². The number of imide groups is 1. The topological polar surface area (TPSA) is 70.1 Å². The van der Waals surface area contributed by atoms with E-state index in [-0.39, 0.29) is 24.2 Å². The van der Waals surface area contributed by atoms with Crippen LogP contribution in [0.4, 0.5) is 4.79 Å². The van der Waals surface area contributed by atoms with E-state index in [1.54, 1.807) is 12.1 Å². The molecule has 0 N–H and O–H groups in total. The molecular weight excluding hydrogens is 478 g/mol. The zero-order valence-corrected chi connectivity index (χ0v) is 18.2. The van der Waals surface area contributed by atoms with Crippen molar-refractivity contribution in [1.29, 1.82) is 0 Å². The number of rotatable bonds is 4. The summed E-state index contributed by atoms with van der Waals surface area (Å²) in [6, 6.07) is 14.6. The fourth-order valence-corrected chi connectivity index (χ4v) is 4.52. The Morgan fingerprint density at radius 3 is 2.62 bits per heavy atom. The number of benzene rings is 2. The van der Waals surface area contributed by atoms with Crippen molar-refractivity contribution in [1.82, 2.24) is 9.91 Å². The maximum atomic E-state index is 13.0. The molecule has 0 aromatic heterocycles. The molecule has 2 aliphatic heterocycles. The van der Waals surface area contributed by atoms with Crippen LogP contribution in [-0.2, 0) is 9.59 Å². The van der Waals surface area contributed by atoms with Gasteiger partial charge in [-0.1, -0.05) is 63.6 Å². The van der Waals surface area contributed by atoms with Gasteiger partial charge in [0.25, 0.3) is 11.1 Å². The third-order valence-electron chi connectivity index (χ3n) is 4.71. The number of hydrazone groups is 1. The van der Waals surface area contributed by atoms with Gasteiger partial charge in [-0.25, -0.2) is 5.01 Å². The van der Waals surface area contributed by atoms with Crippen molar-refractivity contribution < 1.29 is 14.4 Å². The highest BCUT2D eigenvalue weighted by atomic mass is 79.9. The van der Waals surface area contributed by atoms with E-state index in [0.29, 0.717) is 11.4 Å². The van der Waals surface area contributed by atoms with Gasteiger partial charge >= 0.3 is 0 Å². The average Bonchev–Trinajstić information content (AvgIpc) is 3.28. The first-order chi connectivity index (χ1) is 13.9. The quantitative estimate of drug-likeness (QED) is 0.631. The first-order valence-corrected chi connectivity index (χ1v) is 11.0. The third-order valence-corrected chi connectivity index (χ3v) is 6.32. The highest BCUT2D eigenvalue weighted by Gasteiger charge is 2.37. The molecule has 9 heteroatoms. The molecule has 2 heterocycles. The molecule has 6 nitrogen and oxygen atoms in total. The summed E-state index contributed by atoms with van der Waals surface area (Å²) in [5, 5.41) is 6.14. The highest BCUT2D eigenvalue weighted by Crippen LogP contribution is 2.34. The van der Waals surface area contributed by atoms with Crippen molar-refractivity contribution in [3.05, 3.63) is 69.2 Å². The van der Waals surface area contributed by atoms with E-state index < -0.39 is 11.1 Å². The molecule has 3 amide bonds. The Morgan fingerprint density at radius 1 is 1.21 bits per heavy atom. The lowest BCUT2D eigenvalue weighted by atomic mass is 9.98. The molecule has 1 unspecified atom stereocenters. The van der Waals surface area contributed by atoms with Crippen LogP contribution in [-0.4, -0.2) is 45.0 Å². The maximum absolute atomic E-state index is 13.0. The minimum atomic E-state index is -0.404.